The van der Waals surface area contributed by atoms with Gasteiger partial charge in [0, 0.05) is 32.6 Å². The van der Waals surface area contributed by atoms with Gasteiger partial charge in [0.15, 0.2) is 0 Å². The molecule has 0 aromatic heterocycles. The van der Waals surface area contributed by atoms with Crippen LogP contribution in [0.15, 0.2) is 35.2 Å². The van der Waals surface area contributed by atoms with Crippen LogP contribution in [-0.2, 0) is 14.8 Å². The molecule has 25 heavy (non-hydrogen) atoms. The van der Waals surface area contributed by atoms with Crippen molar-refractivity contribution in [3.05, 3.63) is 40.4 Å². The van der Waals surface area contributed by atoms with Crippen LogP contribution in [0.25, 0.3) is 0 Å². The molecule has 2 aliphatic rings. The van der Waals surface area contributed by atoms with Crippen LogP contribution in [0.2, 0.25) is 10.0 Å². The molecule has 0 saturated carbocycles. The number of sulfonamides is 1. The molecule has 1 aromatic carbocycles. The van der Waals surface area contributed by atoms with Gasteiger partial charge in [-0.1, -0.05) is 41.4 Å². The van der Waals surface area contributed by atoms with Crippen LogP contribution < -0.4 is 0 Å². The molecule has 1 aliphatic carbocycles. The number of benzene rings is 1. The second-order valence-corrected chi connectivity index (χ2v) is 9.00. The number of hydrogen-bond acceptors (Lipinski definition) is 3. The molecule has 0 N–H and O–H groups in total. The molecular formula is C17H20Cl2N2O3S. The molecule has 0 bridgehead atoms. The van der Waals surface area contributed by atoms with Crippen LogP contribution in [0, 0.1) is 5.92 Å². The van der Waals surface area contributed by atoms with Gasteiger partial charge in [0.05, 0.1) is 10.0 Å². The van der Waals surface area contributed by atoms with Crippen molar-refractivity contribution in [2.24, 2.45) is 5.92 Å². The van der Waals surface area contributed by atoms with Gasteiger partial charge in [-0.3, -0.25) is 4.79 Å². The lowest BCUT2D eigenvalue weighted by Crippen LogP contribution is -2.50. The molecule has 0 radical (unpaired) electrons. The van der Waals surface area contributed by atoms with E-state index in [1.165, 1.54) is 10.4 Å². The van der Waals surface area contributed by atoms with Gasteiger partial charge in [-0.25, -0.2) is 8.42 Å². The largest absolute Gasteiger partial charge is 0.340 e. The summed E-state index contributed by atoms with van der Waals surface area (Å²) in [6.45, 7) is 1.31. The molecule has 136 valence electrons. The Morgan fingerprint density at radius 1 is 1.16 bits per heavy atom. The summed E-state index contributed by atoms with van der Waals surface area (Å²) in [4.78, 5) is 14.1. The topological polar surface area (TPSA) is 57.7 Å². The Balaban J connectivity index is 1.64. The highest BCUT2D eigenvalue weighted by molar-refractivity contribution is 7.89. The van der Waals surface area contributed by atoms with E-state index in [4.69, 9.17) is 23.2 Å². The van der Waals surface area contributed by atoms with Crippen LogP contribution in [-0.4, -0.2) is 49.7 Å². The van der Waals surface area contributed by atoms with E-state index >= 15 is 0 Å². The first kappa shape index (κ1) is 18.7. The fourth-order valence-corrected chi connectivity index (χ4v) is 5.38. The number of piperazine rings is 1. The molecule has 1 aromatic rings. The number of carbonyl (C=O) groups excluding carboxylic acids is 1. The fraction of sp³-hybridized carbons (Fsp3) is 0.471. The molecule has 1 heterocycles. The van der Waals surface area contributed by atoms with Gasteiger partial charge in [-0.15, -0.1) is 0 Å². The van der Waals surface area contributed by atoms with E-state index < -0.39 is 10.0 Å². The van der Waals surface area contributed by atoms with Gasteiger partial charge in [0.2, 0.25) is 15.9 Å². The maximum Gasteiger partial charge on any atom is 0.244 e. The first-order valence-corrected chi connectivity index (χ1v) is 10.5. The second kappa shape index (κ2) is 7.66. The molecule has 1 atom stereocenters. The third kappa shape index (κ3) is 4.03. The number of halogens is 2. The number of allylic oxidation sites excluding steroid dienone is 2. The fourth-order valence-electron chi connectivity index (χ4n) is 3.22. The second-order valence-electron chi connectivity index (χ2n) is 6.31. The minimum atomic E-state index is -3.72. The minimum absolute atomic E-state index is 0.0116. The summed E-state index contributed by atoms with van der Waals surface area (Å²) >= 11 is 12.0. The van der Waals surface area contributed by atoms with E-state index in [1.54, 1.807) is 17.0 Å². The highest BCUT2D eigenvalue weighted by Gasteiger charge is 2.32. The summed E-state index contributed by atoms with van der Waals surface area (Å²) in [6.07, 6.45) is 6.76. The van der Waals surface area contributed by atoms with Crippen LogP contribution in [0.5, 0.6) is 0 Å². The van der Waals surface area contributed by atoms with Crippen molar-refractivity contribution in [3.63, 3.8) is 0 Å². The normalized spacial score (nSPS) is 21.7. The molecule has 0 spiro atoms. The molecule has 3 rings (SSSR count). The van der Waals surface area contributed by atoms with E-state index in [0.717, 1.165) is 12.8 Å². The summed E-state index contributed by atoms with van der Waals surface area (Å²) in [5.74, 6) is 0.411. The molecule has 1 saturated heterocycles. The Morgan fingerprint density at radius 2 is 1.88 bits per heavy atom. The highest BCUT2D eigenvalue weighted by atomic mass is 35.5. The van der Waals surface area contributed by atoms with Crippen molar-refractivity contribution >= 4 is 39.1 Å². The van der Waals surface area contributed by atoms with E-state index in [-0.39, 0.29) is 33.9 Å². The van der Waals surface area contributed by atoms with E-state index in [2.05, 4.69) is 12.2 Å². The lowest BCUT2D eigenvalue weighted by molar-refractivity contribution is -0.133. The van der Waals surface area contributed by atoms with Gasteiger partial charge in [-0.05, 0) is 30.9 Å². The predicted molar refractivity (Wildman–Crippen MR) is 98.3 cm³/mol. The van der Waals surface area contributed by atoms with Crippen molar-refractivity contribution in [1.82, 2.24) is 9.21 Å². The summed E-state index contributed by atoms with van der Waals surface area (Å²) in [5.41, 5.74) is 0. The Bertz CT molecular complexity index is 787. The molecule has 1 amide bonds. The Kier molecular flexibility index (Phi) is 5.73. The van der Waals surface area contributed by atoms with Crippen LogP contribution >= 0.6 is 23.2 Å². The zero-order valence-electron chi connectivity index (χ0n) is 13.7. The smallest absolute Gasteiger partial charge is 0.244 e. The van der Waals surface area contributed by atoms with Crippen LogP contribution in [0.1, 0.15) is 19.3 Å². The quantitative estimate of drug-likeness (QED) is 0.726. The molecule has 5 nitrogen and oxygen atoms in total. The summed E-state index contributed by atoms with van der Waals surface area (Å²) < 4.78 is 26.9. The predicted octanol–water partition coefficient (Wildman–Crippen LogP) is 3.18. The van der Waals surface area contributed by atoms with Gasteiger partial charge in [0.25, 0.3) is 0 Å². The molecule has 1 unspecified atom stereocenters. The maximum absolute atomic E-state index is 12.8. The summed E-state index contributed by atoms with van der Waals surface area (Å²) in [5, 5.41) is 0.247. The number of rotatable bonds is 4. The minimum Gasteiger partial charge on any atom is -0.340 e. The van der Waals surface area contributed by atoms with Gasteiger partial charge in [-0.2, -0.15) is 4.31 Å². The van der Waals surface area contributed by atoms with Crippen molar-refractivity contribution in [1.29, 1.82) is 0 Å². The van der Waals surface area contributed by atoms with Gasteiger partial charge in [0.1, 0.15) is 4.90 Å². The van der Waals surface area contributed by atoms with Crippen molar-refractivity contribution in [2.45, 2.75) is 24.2 Å². The molecule has 1 fully saturated rings. The average Bonchev–Trinajstić information content (AvgIpc) is 3.10. The van der Waals surface area contributed by atoms with E-state index in [0.29, 0.717) is 25.4 Å². The lowest BCUT2D eigenvalue weighted by Gasteiger charge is -2.34. The summed E-state index contributed by atoms with van der Waals surface area (Å²) in [7, 11) is -3.72. The summed E-state index contributed by atoms with van der Waals surface area (Å²) in [6, 6.07) is 4.57. The first-order valence-electron chi connectivity index (χ1n) is 8.28. The maximum atomic E-state index is 12.8. The van der Waals surface area contributed by atoms with E-state index in [1.807, 2.05) is 0 Å². The van der Waals surface area contributed by atoms with Crippen LogP contribution in [0.4, 0.5) is 0 Å². The molecular weight excluding hydrogens is 383 g/mol. The number of amides is 1. The Hall–Kier alpha value is -1.08. The third-order valence-electron chi connectivity index (χ3n) is 4.67. The molecule has 1 aliphatic heterocycles. The van der Waals surface area contributed by atoms with Crippen molar-refractivity contribution in [2.75, 3.05) is 26.2 Å². The first-order chi connectivity index (χ1) is 11.9. The highest BCUT2D eigenvalue weighted by Crippen LogP contribution is 2.31. The monoisotopic (exact) mass is 402 g/mol. The Labute approximate surface area is 158 Å². The van der Waals surface area contributed by atoms with Crippen molar-refractivity contribution in [3.8, 4) is 0 Å². The number of nitrogens with zero attached hydrogens (tertiary/aromatic N) is 2. The molecule has 8 heteroatoms. The average molecular weight is 403 g/mol. The van der Waals surface area contributed by atoms with Crippen molar-refractivity contribution < 1.29 is 13.2 Å². The SMILES string of the molecule is O=C(CC1C=CCC1)N1CCN(S(=O)(=O)c2cccc(Cl)c2Cl)CC1. The third-order valence-corrected chi connectivity index (χ3v) is 7.55. The van der Waals surface area contributed by atoms with Crippen LogP contribution in [0.3, 0.4) is 0 Å². The zero-order valence-corrected chi connectivity index (χ0v) is 16.0. The standard InChI is InChI=1S/C17H20Cl2N2O3S/c18-14-6-3-7-15(17(14)19)25(23,24)21-10-8-20(9-11-21)16(22)12-13-4-1-2-5-13/h1,3-4,6-7,13H,2,5,8-12H2. The zero-order chi connectivity index (χ0) is 18.0. The van der Waals surface area contributed by atoms with Gasteiger partial charge >= 0.3 is 0 Å². The number of carbonyl (C=O) groups is 1. The van der Waals surface area contributed by atoms with E-state index in [9.17, 15) is 13.2 Å². The Morgan fingerprint density at radius 3 is 2.52 bits per heavy atom. The van der Waals surface area contributed by atoms with Gasteiger partial charge < -0.3 is 4.90 Å². The number of hydrogen-bond donors (Lipinski definition) is 0. The lowest BCUT2D eigenvalue weighted by atomic mass is 10.0.